The summed E-state index contributed by atoms with van der Waals surface area (Å²) in [4.78, 5) is 11.6. The van der Waals surface area contributed by atoms with Crippen LogP contribution in [0.1, 0.15) is 174 Å². The molecule has 0 saturated carbocycles. The summed E-state index contributed by atoms with van der Waals surface area (Å²) in [6.07, 6.45) is 25.0. The Morgan fingerprint density at radius 3 is 1.48 bits per heavy atom. The van der Waals surface area contributed by atoms with Gasteiger partial charge in [-0.15, -0.1) is 0 Å². The molecule has 0 aromatic heterocycles. The lowest BCUT2D eigenvalue weighted by Crippen LogP contribution is -2.31. The van der Waals surface area contributed by atoms with Gasteiger partial charge in [-0.1, -0.05) is 116 Å². The van der Waals surface area contributed by atoms with Crippen molar-refractivity contribution in [1.29, 1.82) is 0 Å². The summed E-state index contributed by atoms with van der Waals surface area (Å²) in [5.74, 6) is -0.128. The van der Waals surface area contributed by atoms with Crippen molar-refractivity contribution in [3.8, 4) is 0 Å². The largest absolute Gasteiger partial charge is 0.455 e. The number of rotatable bonds is 28. The maximum Gasteiger partial charge on any atom is 0.334 e. The van der Waals surface area contributed by atoms with E-state index in [4.69, 9.17) is 9.47 Å². The molecular weight excluding hydrogens is 556 g/mol. The van der Waals surface area contributed by atoms with E-state index in [1.165, 1.54) is 57.8 Å². The quantitative estimate of drug-likeness (QED) is 0.0518. The van der Waals surface area contributed by atoms with Crippen molar-refractivity contribution >= 4 is 5.97 Å². The van der Waals surface area contributed by atoms with Gasteiger partial charge < -0.3 is 29.9 Å². The number of aliphatic hydroxyl groups excluding tert-OH is 4. The minimum Gasteiger partial charge on any atom is -0.455 e. The molecule has 0 amide bonds. The lowest BCUT2D eigenvalue weighted by atomic mass is 9.98. The Morgan fingerprint density at radius 1 is 0.636 bits per heavy atom. The fourth-order valence-corrected chi connectivity index (χ4v) is 6.75. The van der Waals surface area contributed by atoms with E-state index in [1.54, 1.807) is 0 Å². The van der Waals surface area contributed by atoms with E-state index in [0.29, 0.717) is 19.3 Å². The summed E-state index contributed by atoms with van der Waals surface area (Å²) < 4.78 is 11.2. The highest BCUT2D eigenvalue weighted by Crippen LogP contribution is 2.28. The number of carbonyl (C=O) groups excluding carboxylic acids is 1. The Labute approximate surface area is 269 Å². The van der Waals surface area contributed by atoms with Crippen LogP contribution >= 0.6 is 0 Å². The molecule has 7 atom stereocenters. The molecule has 0 aliphatic carbocycles. The van der Waals surface area contributed by atoms with Gasteiger partial charge in [0.1, 0.15) is 6.10 Å². The van der Waals surface area contributed by atoms with Crippen LogP contribution in [0.2, 0.25) is 0 Å². The topological polar surface area (TPSA) is 116 Å². The van der Waals surface area contributed by atoms with E-state index in [2.05, 4.69) is 6.92 Å². The molecule has 2 rings (SSSR count). The highest BCUT2D eigenvalue weighted by Gasteiger charge is 2.34. The Kier molecular flexibility index (Phi) is 21.6. The van der Waals surface area contributed by atoms with Crippen LogP contribution in [-0.4, -0.2) is 69.1 Å². The number of esters is 1. The standard InChI is InChI=1S/C37H68O7/c1-3-4-5-17-22-31(38)32(39)23-18-14-15-20-25-34(41)36-27-26-35(44-36)33(40)24-19-13-11-9-7-6-8-10-12-16-21-30-28-29(2)43-37(30)42/h28-29,31-36,38-41H,3-27H2,1-2H3/t29-,31?,32?,33?,34?,35?,36?/m0/s1. The maximum atomic E-state index is 11.6. The van der Waals surface area contributed by atoms with E-state index in [1.807, 2.05) is 13.0 Å². The molecule has 2 aliphatic heterocycles. The summed E-state index contributed by atoms with van der Waals surface area (Å²) in [7, 11) is 0. The number of cyclic esters (lactones) is 1. The number of hydrogen-bond acceptors (Lipinski definition) is 7. The van der Waals surface area contributed by atoms with Crippen LogP contribution in [0.15, 0.2) is 11.6 Å². The first-order valence-electron chi connectivity index (χ1n) is 18.6. The van der Waals surface area contributed by atoms with Gasteiger partial charge in [-0.25, -0.2) is 4.79 Å². The van der Waals surface area contributed by atoms with Crippen LogP contribution in [0.4, 0.5) is 0 Å². The number of aliphatic hydroxyl groups is 4. The molecular formula is C37H68O7. The predicted molar refractivity (Wildman–Crippen MR) is 177 cm³/mol. The zero-order valence-electron chi connectivity index (χ0n) is 28.3. The first kappa shape index (κ1) is 39.2. The van der Waals surface area contributed by atoms with Crippen LogP contribution in [0.3, 0.4) is 0 Å². The Bertz CT molecular complexity index is 756. The van der Waals surface area contributed by atoms with Gasteiger partial charge in [0.05, 0.1) is 36.6 Å². The zero-order valence-corrected chi connectivity index (χ0v) is 28.3. The van der Waals surface area contributed by atoms with Crippen molar-refractivity contribution in [3.05, 3.63) is 11.6 Å². The van der Waals surface area contributed by atoms with E-state index >= 15 is 0 Å². The van der Waals surface area contributed by atoms with Gasteiger partial charge in [0.25, 0.3) is 0 Å². The summed E-state index contributed by atoms with van der Waals surface area (Å²) in [6, 6.07) is 0. The van der Waals surface area contributed by atoms with Crippen LogP contribution in [0.25, 0.3) is 0 Å². The molecule has 0 radical (unpaired) electrons. The van der Waals surface area contributed by atoms with Gasteiger partial charge in [0.2, 0.25) is 0 Å². The van der Waals surface area contributed by atoms with Crippen LogP contribution in [-0.2, 0) is 14.3 Å². The van der Waals surface area contributed by atoms with Gasteiger partial charge >= 0.3 is 5.97 Å². The average Bonchev–Trinajstić information content (AvgIpc) is 3.63. The molecule has 2 heterocycles. The van der Waals surface area contributed by atoms with Gasteiger partial charge in [-0.3, -0.25) is 0 Å². The Morgan fingerprint density at radius 2 is 1.05 bits per heavy atom. The molecule has 0 aromatic carbocycles. The molecule has 4 N–H and O–H groups in total. The van der Waals surface area contributed by atoms with Gasteiger partial charge in [0.15, 0.2) is 0 Å². The molecule has 6 unspecified atom stereocenters. The Hall–Kier alpha value is -0.990. The van der Waals surface area contributed by atoms with E-state index in [-0.39, 0.29) is 24.3 Å². The third-order valence-electron chi connectivity index (χ3n) is 9.68. The number of carbonyl (C=O) groups is 1. The average molecular weight is 625 g/mol. The second kappa shape index (κ2) is 24.2. The van der Waals surface area contributed by atoms with Crippen molar-refractivity contribution in [2.75, 3.05) is 0 Å². The van der Waals surface area contributed by atoms with Crippen molar-refractivity contribution in [2.24, 2.45) is 0 Å². The number of ether oxygens (including phenoxy) is 2. The third kappa shape index (κ3) is 17.1. The fraction of sp³-hybridized carbons (Fsp3) is 0.919. The van der Waals surface area contributed by atoms with Crippen molar-refractivity contribution in [3.63, 3.8) is 0 Å². The first-order chi connectivity index (χ1) is 21.3. The lowest BCUT2D eigenvalue weighted by molar-refractivity contribution is -0.139. The molecule has 7 nitrogen and oxygen atoms in total. The molecule has 0 bridgehead atoms. The van der Waals surface area contributed by atoms with Crippen molar-refractivity contribution in [2.45, 2.75) is 217 Å². The highest BCUT2D eigenvalue weighted by atomic mass is 16.5. The normalized spacial score (nSPS) is 23.0. The smallest absolute Gasteiger partial charge is 0.334 e. The van der Waals surface area contributed by atoms with Gasteiger partial charge in [-0.05, 0) is 64.4 Å². The van der Waals surface area contributed by atoms with E-state index < -0.39 is 24.4 Å². The highest BCUT2D eigenvalue weighted by molar-refractivity contribution is 5.90. The lowest BCUT2D eigenvalue weighted by Gasteiger charge is -2.22. The fourth-order valence-electron chi connectivity index (χ4n) is 6.75. The zero-order chi connectivity index (χ0) is 32.0. The first-order valence-corrected chi connectivity index (χ1v) is 18.6. The molecule has 2 aliphatic rings. The van der Waals surface area contributed by atoms with Crippen LogP contribution in [0.5, 0.6) is 0 Å². The van der Waals surface area contributed by atoms with Crippen LogP contribution < -0.4 is 0 Å². The summed E-state index contributed by atoms with van der Waals surface area (Å²) >= 11 is 0. The maximum absolute atomic E-state index is 11.6. The summed E-state index contributed by atoms with van der Waals surface area (Å²) in [5.41, 5.74) is 0.858. The van der Waals surface area contributed by atoms with E-state index in [0.717, 1.165) is 89.0 Å². The molecule has 0 spiro atoms. The number of unbranched alkanes of at least 4 members (excludes halogenated alkanes) is 15. The predicted octanol–water partition coefficient (Wildman–Crippen LogP) is 7.84. The van der Waals surface area contributed by atoms with Gasteiger partial charge in [-0.2, -0.15) is 0 Å². The molecule has 1 saturated heterocycles. The van der Waals surface area contributed by atoms with Gasteiger partial charge in [0, 0.05) is 5.57 Å². The molecule has 1 fully saturated rings. The van der Waals surface area contributed by atoms with E-state index in [9.17, 15) is 25.2 Å². The minimum absolute atomic E-state index is 0.0556. The molecule has 0 aromatic rings. The summed E-state index contributed by atoms with van der Waals surface area (Å²) in [6.45, 7) is 4.08. The Balaban J connectivity index is 1.37. The van der Waals surface area contributed by atoms with Crippen molar-refractivity contribution in [1.82, 2.24) is 0 Å². The SMILES string of the molecule is CCCCCCC(O)C(O)CCCCCCC(O)C1CCC(C(O)CCCCCCCCCCCCC2=C[C@H](C)OC2=O)O1. The molecule has 258 valence electrons. The second-order valence-corrected chi connectivity index (χ2v) is 13.8. The monoisotopic (exact) mass is 624 g/mol. The number of hydrogen-bond donors (Lipinski definition) is 4. The third-order valence-corrected chi connectivity index (χ3v) is 9.68. The minimum atomic E-state index is -0.621. The molecule has 7 heteroatoms. The van der Waals surface area contributed by atoms with Crippen LogP contribution in [0, 0.1) is 0 Å². The molecule has 44 heavy (non-hydrogen) atoms. The second-order valence-electron chi connectivity index (χ2n) is 13.8. The summed E-state index contributed by atoms with van der Waals surface area (Å²) in [5, 5.41) is 41.6. The van der Waals surface area contributed by atoms with Crippen molar-refractivity contribution < 1.29 is 34.7 Å².